The van der Waals surface area contributed by atoms with E-state index < -0.39 is 0 Å². The predicted octanol–water partition coefficient (Wildman–Crippen LogP) is 19.0. The number of ether oxygens (including phenoxy) is 2. The number of para-hydroxylation sites is 2. The summed E-state index contributed by atoms with van der Waals surface area (Å²) >= 11 is 0. The summed E-state index contributed by atoms with van der Waals surface area (Å²) in [6.07, 6.45) is 0. The van der Waals surface area contributed by atoms with Crippen molar-refractivity contribution in [3.63, 3.8) is 0 Å². The van der Waals surface area contributed by atoms with Crippen LogP contribution in [-0.4, -0.2) is 0 Å². The Bertz CT molecular complexity index is 3730. The van der Waals surface area contributed by atoms with Gasteiger partial charge in [0.05, 0.1) is 0 Å². The lowest BCUT2D eigenvalue weighted by molar-refractivity contribution is 0.475. The van der Waals surface area contributed by atoms with E-state index in [1.54, 1.807) is 0 Å². The van der Waals surface area contributed by atoms with Crippen LogP contribution < -0.4 is 19.3 Å². The minimum Gasteiger partial charge on any atom is -0.456 e. The molecule has 14 rings (SSSR count). The average molecular weight is 895 g/mol. The number of rotatable bonds is 8. The Hall–Kier alpha value is -9.38. The van der Waals surface area contributed by atoms with Gasteiger partial charge in [-0.2, -0.15) is 0 Å². The van der Waals surface area contributed by atoms with Crippen molar-refractivity contribution in [3.8, 4) is 67.5 Å². The minimum atomic E-state index is 0.814. The zero-order valence-corrected chi connectivity index (χ0v) is 38.0. The first-order valence-electron chi connectivity index (χ1n) is 23.8. The zero-order valence-electron chi connectivity index (χ0n) is 38.0. The maximum atomic E-state index is 6.91. The summed E-state index contributed by atoms with van der Waals surface area (Å²) < 4.78 is 13.8. The standard InChI is InChI=1S/C66H42N2O2/c1-3-17-47(18-4-1)67(49-29-25-45(26-30-49)55-23-11-15-43-13-7-9-21-53(43)55)51-33-35-57-59-37-38-60-58-36-34-52(42-64(58)70-62-40-39-61(65(59)66(60)62)69-63(57)41-51)68(48-19-5-2-6-20-48)50-31-27-46(28-32-50)56-24-12-16-44-14-8-10-22-54(44)56/h1-42H. The fraction of sp³-hybridized carbons (Fsp3) is 0. The smallest absolute Gasteiger partial charge is 0.137 e. The van der Waals surface area contributed by atoms with Crippen LogP contribution in [0.25, 0.3) is 76.8 Å². The molecular weight excluding hydrogens is 853 g/mol. The summed E-state index contributed by atoms with van der Waals surface area (Å²) in [6.45, 7) is 0. The van der Waals surface area contributed by atoms with E-state index in [4.69, 9.17) is 9.47 Å². The molecule has 0 radical (unpaired) electrons. The molecule has 0 aliphatic carbocycles. The van der Waals surface area contributed by atoms with Crippen molar-refractivity contribution in [2.75, 3.05) is 9.80 Å². The Labute approximate surface area is 406 Å². The van der Waals surface area contributed by atoms with Crippen LogP contribution in [0.1, 0.15) is 0 Å². The van der Waals surface area contributed by atoms with Crippen molar-refractivity contribution in [3.05, 3.63) is 255 Å². The highest BCUT2D eigenvalue weighted by Gasteiger charge is 2.29. The molecule has 0 saturated heterocycles. The average Bonchev–Trinajstić information content (AvgIpc) is 3.43. The van der Waals surface area contributed by atoms with E-state index >= 15 is 0 Å². The lowest BCUT2D eigenvalue weighted by atomic mass is 9.88. The van der Waals surface area contributed by atoms with Crippen LogP contribution in [0.2, 0.25) is 0 Å². The number of hydrogen-bond acceptors (Lipinski definition) is 4. The first-order valence-corrected chi connectivity index (χ1v) is 23.8. The van der Waals surface area contributed by atoms with Gasteiger partial charge in [0.1, 0.15) is 23.0 Å². The molecule has 0 fully saturated rings. The lowest BCUT2D eigenvalue weighted by Crippen LogP contribution is -2.11. The highest BCUT2D eigenvalue weighted by molar-refractivity contribution is 6.14. The molecule has 0 saturated carbocycles. The second-order valence-corrected chi connectivity index (χ2v) is 18.0. The molecule has 0 amide bonds. The van der Waals surface area contributed by atoms with Gasteiger partial charge in [0.15, 0.2) is 0 Å². The number of fused-ring (bicyclic) bond motifs is 6. The molecule has 0 bridgehead atoms. The first kappa shape index (κ1) is 39.8. The van der Waals surface area contributed by atoms with Gasteiger partial charge in [-0.05, 0) is 140 Å². The van der Waals surface area contributed by atoms with E-state index in [-0.39, 0.29) is 0 Å². The molecule has 70 heavy (non-hydrogen) atoms. The maximum Gasteiger partial charge on any atom is 0.137 e. The van der Waals surface area contributed by atoms with Crippen LogP contribution in [0, 0.1) is 0 Å². The lowest BCUT2D eigenvalue weighted by Gasteiger charge is -2.30. The number of hydrogen-bond donors (Lipinski definition) is 0. The molecule has 0 spiro atoms. The van der Waals surface area contributed by atoms with Gasteiger partial charge in [-0.15, -0.1) is 0 Å². The maximum absolute atomic E-state index is 6.91. The van der Waals surface area contributed by atoms with Gasteiger partial charge < -0.3 is 19.3 Å². The fourth-order valence-electron chi connectivity index (χ4n) is 10.8. The van der Waals surface area contributed by atoms with Crippen LogP contribution in [0.3, 0.4) is 0 Å². The molecule has 2 aliphatic rings. The van der Waals surface area contributed by atoms with E-state index in [0.29, 0.717) is 0 Å². The monoisotopic (exact) mass is 894 g/mol. The Morgan fingerprint density at radius 2 is 0.586 bits per heavy atom. The fourth-order valence-corrected chi connectivity index (χ4v) is 10.8. The third kappa shape index (κ3) is 6.53. The van der Waals surface area contributed by atoms with Crippen LogP contribution in [0.4, 0.5) is 34.1 Å². The van der Waals surface area contributed by atoms with Crippen molar-refractivity contribution in [2.45, 2.75) is 0 Å². The highest BCUT2D eigenvalue weighted by Crippen LogP contribution is 2.56. The van der Waals surface area contributed by atoms with Gasteiger partial charge in [0, 0.05) is 68.2 Å². The molecule has 12 aromatic rings. The molecule has 328 valence electrons. The summed E-state index contributed by atoms with van der Waals surface area (Å²) in [5.74, 6) is 3.26. The molecule has 2 heterocycles. The highest BCUT2D eigenvalue weighted by atomic mass is 16.5. The van der Waals surface area contributed by atoms with E-state index in [1.807, 2.05) is 0 Å². The quantitative estimate of drug-likeness (QED) is 0.152. The molecular formula is C66H42N2O2. The van der Waals surface area contributed by atoms with Crippen molar-refractivity contribution in [2.24, 2.45) is 0 Å². The second-order valence-electron chi connectivity index (χ2n) is 18.0. The van der Waals surface area contributed by atoms with Crippen molar-refractivity contribution >= 4 is 66.4 Å². The second kappa shape index (κ2) is 16.2. The molecule has 0 N–H and O–H groups in total. The minimum absolute atomic E-state index is 0.814. The van der Waals surface area contributed by atoms with Crippen LogP contribution in [0.5, 0.6) is 23.0 Å². The number of benzene rings is 12. The summed E-state index contributed by atoms with van der Waals surface area (Å²) in [6, 6.07) is 90.8. The van der Waals surface area contributed by atoms with Crippen LogP contribution in [0.15, 0.2) is 255 Å². The number of nitrogens with zero attached hydrogens (tertiary/aromatic N) is 2. The van der Waals surface area contributed by atoms with Crippen molar-refractivity contribution in [1.29, 1.82) is 0 Å². The van der Waals surface area contributed by atoms with Crippen molar-refractivity contribution < 1.29 is 9.47 Å². The topological polar surface area (TPSA) is 24.9 Å². The zero-order chi connectivity index (χ0) is 46.1. The molecule has 4 nitrogen and oxygen atoms in total. The van der Waals surface area contributed by atoms with Crippen molar-refractivity contribution in [1.82, 2.24) is 0 Å². The Morgan fingerprint density at radius 1 is 0.229 bits per heavy atom. The number of anilines is 6. The van der Waals surface area contributed by atoms with E-state index in [1.165, 1.54) is 43.8 Å². The summed E-state index contributed by atoms with van der Waals surface area (Å²) in [7, 11) is 0. The molecule has 0 aromatic heterocycles. The van der Waals surface area contributed by atoms with Gasteiger partial charge in [-0.25, -0.2) is 0 Å². The SMILES string of the molecule is c1ccc(N(c2ccc(-c3cccc4ccccc34)cc2)c2ccc3c(c2)Oc2ccc4c5c(ccc-3c25)-c2ccc(N(c3ccccc3)c3ccc(-c5cccc6ccccc56)cc3)cc2O4)cc1. The van der Waals surface area contributed by atoms with Gasteiger partial charge >= 0.3 is 0 Å². The van der Waals surface area contributed by atoms with E-state index in [9.17, 15) is 0 Å². The largest absolute Gasteiger partial charge is 0.456 e. The Kier molecular flexibility index (Phi) is 9.17. The molecule has 0 atom stereocenters. The third-order valence-electron chi connectivity index (χ3n) is 14.0. The Morgan fingerprint density at radius 3 is 1.03 bits per heavy atom. The van der Waals surface area contributed by atoms with Gasteiger partial charge in [-0.3, -0.25) is 0 Å². The molecule has 12 aromatic carbocycles. The first-order chi connectivity index (χ1) is 34.7. The van der Waals surface area contributed by atoms with Gasteiger partial charge in [0.25, 0.3) is 0 Å². The normalized spacial score (nSPS) is 11.9. The summed E-state index contributed by atoms with van der Waals surface area (Å²) in [5, 5.41) is 7.09. The summed E-state index contributed by atoms with van der Waals surface area (Å²) in [4.78, 5) is 4.59. The molecule has 0 unspecified atom stereocenters. The molecule has 4 heteroatoms. The third-order valence-corrected chi connectivity index (χ3v) is 14.0. The Balaban J connectivity index is 0.810. The van der Waals surface area contributed by atoms with E-state index in [2.05, 4.69) is 265 Å². The predicted molar refractivity (Wildman–Crippen MR) is 290 cm³/mol. The van der Waals surface area contributed by atoms with Gasteiger partial charge in [0.2, 0.25) is 0 Å². The van der Waals surface area contributed by atoms with E-state index in [0.717, 1.165) is 90.1 Å². The van der Waals surface area contributed by atoms with Crippen LogP contribution in [-0.2, 0) is 0 Å². The van der Waals surface area contributed by atoms with Gasteiger partial charge in [-0.1, -0.05) is 158 Å². The summed E-state index contributed by atoms with van der Waals surface area (Å²) in [5.41, 5.74) is 15.4. The van der Waals surface area contributed by atoms with Crippen LogP contribution >= 0.6 is 0 Å². The molecule has 2 aliphatic heterocycles.